The molecule has 0 unspecified atom stereocenters. The number of aromatic nitrogens is 1. The Bertz CT molecular complexity index is 1980. The van der Waals surface area contributed by atoms with Crippen LogP contribution in [0.4, 0.5) is 0 Å². The predicted molar refractivity (Wildman–Crippen MR) is 185 cm³/mol. The topological polar surface area (TPSA) is 97.6 Å². The van der Waals surface area contributed by atoms with Gasteiger partial charge in [-0.2, -0.15) is 0 Å². The Hall–Kier alpha value is -4.35. The molecule has 0 aliphatic carbocycles. The lowest BCUT2D eigenvalue weighted by Crippen LogP contribution is -2.40. The number of allylic oxidation sites excluding steroid dienone is 1. The minimum Gasteiger partial charge on any atom is -0.493 e. The Kier molecular flexibility index (Phi) is 10.9. The summed E-state index contributed by atoms with van der Waals surface area (Å²) in [4.78, 5) is 32.7. The zero-order valence-electron chi connectivity index (χ0n) is 27.2. The summed E-state index contributed by atoms with van der Waals surface area (Å²) in [6.45, 7) is 10.2. The molecule has 246 valence electrons. The maximum atomic E-state index is 14.2. The highest BCUT2D eigenvalue weighted by Crippen LogP contribution is 2.37. The van der Waals surface area contributed by atoms with Gasteiger partial charge < -0.3 is 23.7 Å². The normalized spacial score (nSPS) is 14.5. The van der Waals surface area contributed by atoms with Crippen molar-refractivity contribution in [2.75, 3.05) is 20.3 Å². The summed E-state index contributed by atoms with van der Waals surface area (Å²) in [7, 11) is 1.55. The molecule has 1 aromatic heterocycles. The average Bonchev–Trinajstić information content (AvgIpc) is 3.35. The van der Waals surface area contributed by atoms with Crippen molar-refractivity contribution in [2.45, 2.75) is 53.4 Å². The smallest absolute Gasteiger partial charge is 0.338 e. The summed E-state index contributed by atoms with van der Waals surface area (Å²) in [6.07, 6.45) is 1.72. The quantitative estimate of drug-likeness (QED) is 0.158. The highest BCUT2D eigenvalue weighted by Gasteiger charge is 2.34. The Labute approximate surface area is 285 Å². The van der Waals surface area contributed by atoms with E-state index in [9.17, 15) is 9.59 Å². The largest absolute Gasteiger partial charge is 0.493 e. The molecule has 1 aliphatic rings. The van der Waals surface area contributed by atoms with Gasteiger partial charge in [0.25, 0.3) is 5.56 Å². The first kappa shape index (κ1) is 34.0. The second kappa shape index (κ2) is 15.0. The minimum absolute atomic E-state index is 0.0725. The Balaban J connectivity index is 1.62. The molecule has 0 bridgehead atoms. The molecule has 0 spiro atoms. The van der Waals surface area contributed by atoms with Crippen LogP contribution in [-0.4, -0.2) is 37.0 Å². The lowest BCUT2D eigenvalue weighted by molar-refractivity contribution is -0.139. The monoisotopic (exact) mass is 720 g/mol. The van der Waals surface area contributed by atoms with Gasteiger partial charge in [0.2, 0.25) is 0 Å². The van der Waals surface area contributed by atoms with Crippen LogP contribution in [-0.2, 0) is 16.1 Å². The number of halogens is 1. The van der Waals surface area contributed by atoms with Crippen LogP contribution in [0.2, 0.25) is 0 Å². The average molecular weight is 722 g/mol. The van der Waals surface area contributed by atoms with Crippen LogP contribution in [0.3, 0.4) is 0 Å². The second-order valence-corrected chi connectivity index (χ2v) is 12.8. The fraction of sp³-hybridized carbons (Fsp3) is 0.306. The van der Waals surface area contributed by atoms with Crippen LogP contribution in [0.25, 0.3) is 6.08 Å². The van der Waals surface area contributed by atoms with Crippen molar-refractivity contribution in [1.82, 2.24) is 4.57 Å². The highest BCUT2D eigenvalue weighted by molar-refractivity contribution is 9.10. The second-order valence-electron chi connectivity index (χ2n) is 10.9. The summed E-state index contributed by atoms with van der Waals surface area (Å²) in [6, 6.07) is 18.2. The molecular formula is C36H37BrN2O7S. The van der Waals surface area contributed by atoms with Gasteiger partial charge in [-0.3, -0.25) is 9.36 Å². The van der Waals surface area contributed by atoms with Crippen LogP contribution in [0.15, 0.2) is 86.2 Å². The zero-order chi connectivity index (χ0) is 33.7. The molecule has 0 saturated heterocycles. The lowest BCUT2D eigenvalue weighted by Gasteiger charge is -2.25. The van der Waals surface area contributed by atoms with E-state index in [4.69, 9.17) is 28.7 Å². The molecule has 47 heavy (non-hydrogen) atoms. The molecule has 0 amide bonds. The van der Waals surface area contributed by atoms with Gasteiger partial charge >= 0.3 is 5.97 Å². The van der Waals surface area contributed by atoms with Crippen LogP contribution in [0, 0.1) is 0 Å². The molecule has 0 fully saturated rings. The molecule has 0 saturated carbocycles. The molecule has 1 atom stereocenters. The number of esters is 1. The molecule has 0 N–H and O–H groups in total. The Morgan fingerprint density at radius 1 is 1.00 bits per heavy atom. The number of thiazole rings is 1. The van der Waals surface area contributed by atoms with E-state index in [1.165, 1.54) is 11.3 Å². The van der Waals surface area contributed by atoms with Crippen molar-refractivity contribution in [3.05, 3.63) is 113 Å². The molecule has 2 heterocycles. The lowest BCUT2D eigenvalue weighted by atomic mass is 9.95. The number of nitrogens with zero attached hydrogens (tertiary/aromatic N) is 2. The molecule has 4 aromatic rings. The maximum Gasteiger partial charge on any atom is 0.338 e. The van der Waals surface area contributed by atoms with Crippen LogP contribution >= 0.6 is 27.3 Å². The molecule has 3 aromatic carbocycles. The SMILES string of the molecule is CCOC(=O)C1=C(C)N=c2s/c(=C\c3cc(OCC)c(OCc4ccccc4)cc3Br)c(=O)n2[C@@H]1c1ccc(OC(C)C)c(OC)c1. The van der Waals surface area contributed by atoms with E-state index < -0.39 is 12.0 Å². The van der Waals surface area contributed by atoms with Crippen LogP contribution in [0.5, 0.6) is 23.0 Å². The number of hydrogen-bond acceptors (Lipinski definition) is 9. The summed E-state index contributed by atoms with van der Waals surface area (Å²) in [5, 5.41) is 0. The molecule has 5 rings (SSSR count). The molecule has 0 radical (unpaired) electrons. The number of rotatable bonds is 12. The maximum absolute atomic E-state index is 14.2. The van der Waals surface area contributed by atoms with Gasteiger partial charge in [0.05, 0.1) is 48.3 Å². The number of benzene rings is 3. The summed E-state index contributed by atoms with van der Waals surface area (Å²) in [5.41, 5.74) is 2.86. The number of carbonyl (C=O) groups excluding carboxylic acids is 1. The van der Waals surface area contributed by atoms with Gasteiger partial charge in [-0.1, -0.05) is 63.7 Å². The molecule has 1 aliphatic heterocycles. The van der Waals surface area contributed by atoms with Crippen molar-refractivity contribution >= 4 is 39.3 Å². The highest BCUT2D eigenvalue weighted by atomic mass is 79.9. The molecule has 9 nitrogen and oxygen atoms in total. The van der Waals surface area contributed by atoms with Crippen molar-refractivity contribution in [2.24, 2.45) is 4.99 Å². The van der Waals surface area contributed by atoms with Crippen LogP contribution < -0.4 is 33.8 Å². The summed E-state index contributed by atoms with van der Waals surface area (Å²) >= 11 is 4.91. The van der Waals surface area contributed by atoms with E-state index in [1.807, 2.05) is 69.3 Å². The number of carbonyl (C=O) groups is 1. The number of methoxy groups -OCH3 is 1. The first-order valence-corrected chi connectivity index (χ1v) is 16.9. The van der Waals surface area contributed by atoms with Crippen molar-refractivity contribution in [3.63, 3.8) is 0 Å². The standard InChI is InChI=1S/C36H37BrN2O7S/c1-7-43-29-17-25(26(37)19-30(29)45-20-23-12-10-9-11-13-23)18-31-34(40)39-33(24-14-15-27(46-21(3)4)28(16-24)42-6)32(35(41)44-8-2)22(5)38-36(39)47-31/h9-19,21,33H,7-8,20H2,1-6H3/b31-18-/t33-/m1/s1. The molecule has 11 heteroatoms. The fourth-order valence-electron chi connectivity index (χ4n) is 5.23. The molecular weight excluding hydrogens is 684 g/mol. The van der Waals surface area contributed by atoms with E-state index in [0.717, 1.165) is 15.6 Å². The third-order valence-electron chi connectivity index (χ3n) is 7.27. The number of hydrogen-bond donors (Lipinski definition) is 0. The van der Waals surface area contributed by atoms with Gasteiger partial charge in [0.15, 0.2) is 27.8 Å². The van der Waals surface area contributed by atoms with E-state index in [-0.39, 0.29) is 23.8 Å². The van der Waals surface area contributed by atoms with Crippen molar-refractivity contribution < 1.29 is 28.5 Å². The van der Waals surface area contributed by atoms with Gasteiger partial charge in [-0.25, -0.2) is 9.79 Å². The van der Waals surface area contributed by atoms with Crippen molar-refractivity contribution in [3.8, 4) is 23.0 Å². The first-order chi connectivity index (χ1) is 22.6. The van der Waals surface area contributed by atoms with Gasteiger partial charge in [-0.05, 0) is 81.7 Å². The number of fused-ring (bicyclic) bond motifs is 1. The number of ether oxygens (including phenoxy) is 5. The summed E-state index contributed by atoms with van der Waals surface area (Å²) < 4.78 is 31.7. The zero-order valence-corrected chi connectivity index (χ0v) is 29.6. The van der Waals surface area contributed by atoms with Gasteiger partial charge in [0.1, 0.15) is 6.61 Å². The Morgan fingerprint density at radius 2 is 1.74 bits per heavy atom. The first-order valence-electron chi connectivity index (χ1n) is 15.3. The van der Waals surface area contributed by atoms with Crippen LogP contribution in [0.1, 0.15) is 57.4 Å². The Morgan fingerprint density at radius 3 is 2.43 bits per heavy atom. The third kappa shape index (κ3) is 7.47. The van der Waals surface area contributed by atoms with E-state index in [2.05, 4.69) is 15.9 Å². The van der Waals surface area contributed by atoms with E-state index in [0.29, 0.717) is 56.8 Å². The fourth-order valence-corrected chi connectivity index (χ4v) is 6.71. The van der Waals surface area contributed by atoms with Crippen molar-refractivity contribution in [1.29, 1.82) is 0 Å². The predicted octanol–water partition coefficient (Wildman–Crippen LogP) is 6.33. The third-order valence-corrected chi connectivity index (χ3v) is 8.94. The van der Waals surface area contributed by atoms with E-state index >= 15 is 0 Å². The minimum atomic E-state index is -0.800. The van der Waals surface area contributed by atoms with E-state index in [1.54, 1.807) is 43.7 Å². The summed E-state index contributed by atoms with van der Waals surface area (Å²) in [5.74, 6) is 1.64. The van der Waals surface area contributed by atoms with Gasteiger partial charge in [-0.15, -0.1) is 0 Å². The van der Waals surface area contributed by atoms with Gasteiger partial charge in [0, 0.05) is 4.47 Å².